The van der Waals surface area contributed by atoms with Gasteiger partial charge in [0.1, 0.15) is 17.5 Å². The topological polar surface area (TPSA) is 68.3 Å². The highest BCUT2D eigenvalue weighted by Gasteiger charge is 2.13. The first kappa shape index (κ1) is 15.4. The van der Waals surface area contributed by atoms with Crippen molar-refractivity contribution in [3.8, 4) is 11.5 Å². The highest BCUT2D eigenvalue weighted by Crippen LogP contribution is 2.32. The first-order valence-electron chi connectivity index (χ1n) is 7.88. The highest BCUT2D eigenvalue weighted by atomic mass is 16.7. The van der Waals surface area contributed by atoms with E-state index in [-0.39, 0.29) is 0 Å². The van der Waals surface area contributed by atoms with Gasteiger partial charge in [-0.25, -0.2) is 9.97 Å². The highest BCUT2D eigenvalue weighted by molar-refractivity contribution is 5.49. The molecule has 0 fully saturated rings. The number of anilines is 2. The predicted octanol–water partition coefficient (Wildman–Crippen LogP) is 3.34. The van der Waals surface area contributed by atoms with Crippen LogP contribution in [0.1, 0.15) is 31.7 Å². The summed E-state index contributed by atoms with van der Waals surface area (Å²) in [7, 11) is 0. The Kier molecular flexibility index (Phi) is 4.50. The summed E-state index contributed by atoms with van der Waals surface area (Å²) in [5.74, 6) is 3.99. The molecule has 0 bridgehead atoms. The molecule has 1 atom stereocenters. The second-order valence-corrected chi connectivity index (χ2v) is 5.68. The Hall–Kier alpha value is -2.50. The van der Waals surface area contributed by atoms with E-state index in [2.05, 4.69) is 34.4 Å². The standard InChI is InChI=1S/C17H22N4O2/c1-4-11(2)19-17-8-16(20-12(3)21-17)18-9-13-5-6-14-15(7-13)23-10-22-14/h5-8,11H,4,9-10H2,1-3H3,(H2,18,19,20,21). The molecule has 0 amide bonds. The maximum atomic E-state index is 5.40. The summed E-state index contributed by atoms with van der Waals surface area (Å²) < 4.78 is 10.7. The number of hydrogen-bond acceptors (Lipinski definition) is 6. The number of rotatable bonds is 6. The summed E-state index contributed by atoms with van der Waals surface area (Å²) >= 11 is 0. The molecule has 2 heterocycles. The lowest BCUT2D eigenvalue weighted by Gasteiger charge is -2.14. The van der Waals surface area contributed by atoms with E-state index >= 15 is 0 Å². The van der Waals surface area contributed by atoms with Crippen molar-refractivity contribution in [1.29, 1.82) is 0 Å². The van der Waals surface area contributed by atoms with E-state index in [4.69, 9.17) is 9.47 Å². The lowest BCUT2D eigenvalue weighted by Crippen LogP contribution is -2.15. The molecule has 0 saturated heterocycles. The van der Waals surface area contributed by atoms with Crippen LogP contribution in [-0.2, 0) is 6.54 Å². The summed E-state index contributed by atoms with van der Waals surface area (Å²) in [4.78, 5) is 8.86. The summed E-state index contributed by atoms with van der Waals surface area (Å²) in [6, 6.07) is 8.26. The van der Waals surface area contributed by atoms with E-state index in [1.54, 1.807) is 0 Å². The molecular formula is C17H22N4O2. The Morgan fingerprint density at radius 1 is 1.13 bits per heavy atom. The van der Waals surface area contributed by atoms with Crippen molar-refractivity contribution in [2.45, 2.75) is 39.8 Å². The number of aromatic nitrogens is 2. The zero-order valence-electron chi connectivity index (χ0n) is 13.7. The number of fused-ring (bicyclic) bond motifs is 1. The number of aryl methyl sites for hydroxylation is 1. The molecule has 122 valence electrons. The van der Waals surface area contributed by atoms with Gasteiger partial charge in [-0.15, -0.1) is 0 Å². The van der Waals surface area contributed by atoms with Crippen LogP contribution in [-0.4, -0.2) is 22.8 Å². The maximum Gasteiger partial charge on any atom is 0.231 e. The van der Waals surface area contributed by atoms with Gasteiger partial charge in [0, 0.05) is 18.7 Å². The second kappa shape index (κ2) is 6.73. The van der Waals surface area contributed by atoms with Crippen LogP contribution in [0, 0.1) is 6.92 Å². The molecule has 2 aromatic rings. The van der Waals surface area contributed by atoms with Crippen molar-refractivity contribution in [2.75, 3.05) is 17.4 Å². The first-order chi connectivity index (χ1) is 11.1. The van der Waals surface area contributed by atoms with Gasteiger partial charge in [-0.3, -0.25) is 0 Å². The molecule has 0 aliphatic carbocycles. The van der Waals surface area contributed by atoms with Gasteiger partial charge in [0.2, 0.25) is 6.79 Å². The molecule has 0 spiro atoms. The van der Waals surface area contributed by atoms with Crippen LogP contribution in [0.25, 0.3) is 0 Å². The van der Waals surface area contributed by atoms with Crippen LogP contribution in [0.5, 0.6) is 11.5 Å². The number of benzene rings is 1. The van der Waals surface area contributed by atoms with Crippen molar-refractivity contribution in [3.63, 3.8) is 0 Å². The Bertz CT molecular complexity index is 690. The van der Waals surface area contributed by atoms with E-state index in [1.165, 1.54) is 0 Å². The van der Waals surface area contributed by atoms with Gasteiger partial charge in [-0.2, -0.15) is 0 Å². The molecule has 1 aliphatic heterocycles. The summed E-state index contributed by atoms with van der Waals surface area (Å²) in [6.07, 6.45) is 1.04. The molecule has 1 aromatic carbocycles. The van der Waals surface area contributed by atoms with Gasteiger partial charge in [-0.05, 0) is 38.0 Å². The van der Waals surface area contributed by atoms with Gasteiger partial charge >= 0.3 is 0 Å². The number of nitrogens with one attached hydrogen (secondary N) is 2. The Balaban J connectivity index is 1.68. The van der Waals surface area contributed by atoms with Gasteiger partial charge in [0.05, 0.1) is 0 Å². The molecule has 1 aromatic heterocycles. The van der Waals surface area contributed by atoms with Crippen LogP contribution in [0.2, 0.25) is 0 Å². The zero-order chi connectivity index (χ0) is 16.2. The van der Waals surface area contributed by atoms with Crippen molar-refractivity contribution in [3.05, 3.63) is 35.7 Å². The quantitative estimate of drug-likeness (QED) is 0.852. The van der Waals surface area contributed by atoms with E-state index in [9.17, 15) is 0 Å². The first-order valence-corrected chi connectivity index (χ1v) is 7.88. The van der Waals surface area contributed by atoms with Crippen LogP contribution in [0.3, 0.4) is 0 Å². The van der Waals surface area contributed by atoms with Crippen molar-refractivity contribution in [1.82, 2.24) is 9.97 Å². The molecular weight excluding hydrogens is 292 g/mol. The predicted molar refractivity (Wildman–Crippen MR) is 90.0 cm³/mol. The summed E-state index contributed by atoms with van der Waals surface area (Å²) in [5, 5.41) is 6.71. The van der Waals surface area contributed by atoms with E-state index in [0.717, 1.165) is 40.9 Å². The lowest BCUT2D eigenvalue weighted by atomic mass is 10.2. The van der Waals surface area contributed by atoms with Crippen LogP contribution >= 0.6 is 0 Å². The third-order valence-electron chi connectivity index (χ3n) is 3.76. The molecule has 0 saturated carbocycles. The van der Waals surface area contributed by atoms with E-state index < -0.39 is 0 Å². The SMILES string of the molecule is CCC(C)Nc1cc(NCc2ccc3c(c2)OCO3)nc(C)n1. The van der Waals surface area contributed by atoms with E-state index in [1.807, 2.05) is 31.2 Å². The van der Waals surface area contributed by atoms with Crippen molar-refractivity contribution < 1.29 is 9.47 Å². The van der Waals surface area contributed by atoms with Gasteiger partial charge in [0.25, 0.3) is 0 Å². The lowest BCUT2D eigenvalue weighted by molar-refractivity contribution is 0.174. The van der Waals surface area contributed by atoms with Gasteiger partial charge in [-0.1, -0.05) is 13.0 Å². The smallest absolute Gasteiger partial charge is 0.231 e. The zero-order valence-corrected chi connectivity index (χ0v) is 13.7. The number of nitrogens with zero attached hydrogens (tertiary/aromatic N) is 2. The molecule has 1 unspecified atom stereocenters. The second-order valence-electron chi connectivity index (χ2n) is 5.68. The van der Waals surface area contributed by atoms with Crippen molar-refractivity contribution >= 4 is 11.6 Å². The maximum absolute atomic E-state index is 5.40. The van der Waals surface area contributed by atoms with Crippen LogP contribution in [0.4, 0.5) is 11.6 Å². The van der Waals surface area contributed by atoms with Gasteiger partial charge < -0.3 is 20.1 Å². The number of hydrogen-bond donors (Lipinski definition) is 2. The Morgan fingerprint density at radius 2 is 1.91 bits per heavy atom. The average Bonchev–Trinajstić information content (AvgIpc) is 3.00. The fourth-order valence-corrected chi connectivity index (χ4v) is 2.33. The Morgan fingerprint density at radius 3 is 2.74 bits per heavy atom. The summed E-state index contributed by atoms with van der Waals surface area (Å²) in [5.41, 5.74) is 1.11. The molecule has 3 rings (SSSR count). The summed E-state index contributed by atoms with van der Waals surface area (Å²) in [6.45, 7) is 7.13. The molecule has 2 N–H and O–H groups in total. The third-order valence-corrected chi connectivity index (χ3v) is 3.76. The fourth-order valence-electron chi connectivity index (χ4n) is 2.33. The third kappa shape index (κ3) is 3.83. The normalized spacial score (nSPS) is 13.7. The number of ether oxygens (including phenoxy) is 2. The fraction of sp³-hybridized carbons (Fsp3) is 0.412. The Labute approximate surface area is 136 Å². The van der Waals surface area contributed by atoms with Crippen LogP contribution < -0.4 is 20.1 Å². The van der Waals surface area contributed by atoms with Crippen LogP contribution in [0.15, 0.2) is 24.3 Å². The minimum atomic E-state index is 0.294. The molecule has 6 nitrogen and oxygen atoms in total. The minimum Gasteiger partial charge on any atom is -0.454 e. The minimum absolute atomic E-state index is 0.294. The van der Waals surface area contributed by atoms with Crippen molar-refractivity contribution in [2.24, 2.45) is 0 Å². The average molecular weight is 314 g/mol. The largest absolute Gasteiger partial charge is 0.454 e. The molecule has 1 aliphatic rings. The molecule has 23 heavy (non-hydrogen) atoms. The molecule has 0 radical (unpaired) electrons. The van der Waals surface area contributed by atoms with Gasteiger partial charge in [0.15, 0.2) is 11.5 Å². The monoisotopic (exact) mass is 314 g/mol. The van der Waals surface area contributed by atoms with E-state index in [0.29, 0.717) is 19.4 Å². The molecule has 6 heteroatoms.